The second-order valence-electron chi connectivity index (χ2n) is 5.85. The Hall–Kier alpha value is -1.55. The maximum atomic E-state index is 12.6. The van der Waals surface area contributed by atoms with Gasteiger partial charge in [0.2, 0.25) is 0 Å². The van der Waals surface area contributed by atoms with Gasteiger partial charge in [0, 0.05) is 0 Å². The summed E-state index contributed by atoms with van der Waals surface area (Å²) in [6.45, 7) is 5.99. The average molecular weight is 423 g/mol. The SMILES string of the molecule is CCCC/C(OS(=O)(=O)c1ccc(C)cc1)=C(/C)[Se]c1ccccc1. The van der Waals surface area contributed by atoms with E-state index in [1.54, 1.807) is 24.3 Å². The molecular formula is C20H24O3SSe. The molecule has 0 heterocycles. The van der Waals surface area contributed by atoms with Crippen LogP contribution in [0, 0.1) is 6.92 Å². The molecule has 0 bridgehead atoms. The summed E-state index contributed by atoms with van der Waals surface area (Å²) in [6.07, 6.45) is 2.53. The molecule has 0 N–H and O–H groups in total. The van der Waals surface area contributed by atoms with Crippen LogP contribution in [-0.4, -0.2) is 23.4 Å². The quantitative estimate of drug-likeness (QED) is 0.364. The third-order valence-corrected chi connectivity index (χ3v) is 7.14. The maximum absolute atomic E-state index is 12.6. The van der Waals surface area contributed by atoms with Gasteiger partial charge in [-0.15, -0.1) is 0 Å². The molecule has 0 saturated carbocycles. The van der Waals surface area contributed by atoms with Gasteiger partial charge in [0.15, 0.2) is 0 Å². The van der Waals surface area contributed by atoms with Gasteiger partial charge in [0.05, 0.1) is 0 Å². The Balaban J connectivity index is 2.27. The van der Waals surface area contributed by atoms with E-state index in [4.69, 9.17) is 4.18 Å². The van der Waals surface area contributed by atoms with Crippen LogP contribution in [0.25, 0.3) is 0 Å². The van der Waals surface area contributed by atoms with Crippen molar-refractivity contribution in [3.05, 3.63) is 70.4 Å². The average Bonchev–Trinajstić information content (AvgIpc) is 2.59. The van der Waals surface area contributed by atoms with Crippen LogP contribution in [0.5, 0.6) is 0 Å². The standard InChI is InChI=1S/C20H24O3SSe/c1-4-5-11-20(17(3)25-19-9-7-6-8-10-19)23-24(21,22)18-14-12-16(2)13-15-18/h6-10,12-15H,4-5,11H2,1-3H3/b20-17+. The molecule has 0 saturated heterocycles. The van der Waals surface area contributed by atoms with E-state index in [1.165, 1.54) is 4.46 Å². The zero-order valence-corrected chi connectivity index (χ0v) is 17.4. The molecule has 0 aromatic heterocycles. The van der Waals surface area contributed by atoms with E-state index in [2.05, 4.69) is 19.1 Å². The molecule has 134 valence electrons. The Morgan fingerprint density at radius 2 is 1.68 bits per heavy atom. The predicted octanol–water partition coefficient (Wildman–Crippen LogP) is 4.15. The van der Waals surface area contributed by atoms with Crippen LogP contribution < -0.4 is 4.46 Å². The molecule has 0 aliphatic rings. The van der Waals surface area contributed by atoms with Crippen LogP contribution in [0.3, 0.4) is 0 Å². The second-order valence-corrected chi connectivity index (χ2v) is 10.1. The minimum absolute atomic E-state index is 0.0487. The Morgan fingerprint density at radius 3 is 2.28 bits per heavy atom. The van der Waals surface area contributed by atoms with Gasteiger partial charge in [-0.3, -0.25) is 0 Å². The van der Waals surface area contributed by atoms with E-state index >= 15 is 0 Å². The zero-order chi connectivity index (χ0) is 18.3. The molecule has 25 heavy (non-hydrogen) atoms. The van der Waals surface area contributed by atoms with Gasteiger partial charge in [-0.2, -0.15) is 0 Å². The van der Waals surface area contributed by atoms with Crippen molar-refractivity contribution >= 4 is 29.5 Å². The molecule has 2 aromatic rings. The van der Waals surface area contributed by atoms with E-state index in [9.17, 15) is 8.42 Å². The summed E-state index contributed by atoms with van der Waals surface area (Å²) in [5.74, 6) is 0.589. The third-order valence-electron chi connectivity index (χ3n) is 3.68. The molecule has 2 rings (SSSR count). The summed E-state index contributed by atoms with van der Waals surface area (Å²) in [6, 6.07) is 16.9. The van der Waals surface area contributed by atoms with Crippen molar-refractivity contribution in [3.8, 4) is 0 Å². The van der Waals surface area contributed by atoms with Crippen molar-refractivity contribution in [1.29, 1.82) is 0 Å². The minimum atomic E-state index is -3.79. The van der Waals surface area contributed by atoms with Crippen LogP contribution in [0.1, 0.15) is 38.7 Å². The summed E-state index contributed by atoms with van der Waals surface area (Å²) in [4.78, 5) is 0.201. The normalized spacial score (nSPS) is 12.6. The Bertz CT molecular complexity index is 810. The fraction of sp³-hybridized carbons (Fsp3) is 0.300. The molecule has 0 aliphatic heterocycles. The van der Waals surface area contributed by atoms with Crippen LogP contribution in [0.4, 0.5) is 0 Å². The number of hydrogen-bond donors (Lipinski definition) is 0. The summed E-state index contributed by atoms with van der Waals surface area (Å²) in [7, 11) is -3.79. The van der Waals surface area contributed by atoms with Crippen LogP contribution >= 0.6 is 0 Å². The zero-order valence-electron chi connectivity index (χ0n) is 14.9. The number of unbranched alkanes of at least 4 members (excludes halogenated alkanes) is 1. The third kappa shape index (κ3) is 6.03. The molecular weight excluding hydrogens is 399 g/mol. The van der Waals surface area contributed by atoms with E-state index in [0.717, 1.165) is 22.9 Å². The van der Waals surface area contributed by atoms with Gasteiger partial charge in [0.25, 0.3) is 0 Å². The van der Waals surface area contributed by atoms with Gasteiger partial charge < -0.3 is 0 Å². The number of aryl methyl sites for hydroxylation is 1. The van der Waals surface area contributed by atoms with Crippen molar-refractivity contribution in [3.63, 3.8) is 0 Å². The molecule has 0 spiro atoms. The van der Waals surface area contributed by atoms with E-state index < -0.39 is 10.1 Å². The Kier molecular flexibility index (Phi) is 7.30. The Morgan fingerprint density at radius 1 is 1.04 bits per heavy atom. The van der Waals surface area contributed by atoms with Gasteiger partial charge >= 0.3 is 157 Å². The first-order valence-corrected chi connectivity index (χ1v) is 11.5. The van der Waals surface area contributed by atoms with Crippen molar-refractivity contribution in [2.24, 2.45) is 0 Å². The fourth-order valence-electron chi connectivity index (χ4n) is 2.22. The number of rotatable bonds is 8. The van der Waals surface area contributed by atoms with Gasteiger partial charge in [-0.1, -0.05) is 0 Å². The number of allylic oxidation sites excluding steroid dienone is 2. The fourth-order valence-corrected chi connectivity index (χ4v) is 5.28. The molecule has 0 unspecified atom stereocenters. The van der Waals surface area contributed by atoms with Gasteiger partial charge in [0.1, 0.15) is 0 Å². The molecule has 2 aromatic carbocycles. The topological polar surface area (TPSA) is 43.4 Å². The molecule has 0 atom stereocenters. The molecule has 0 aliphatic carbocycles. The first-order chi connectivity index (χ1) is 11.9. The summed E-state index contributed by atoms with van der Waals surface area (Å²) >= 11 is 0.0487. The number of hydrogen-bond acceptors (Lipinski definition) is 3. The van der Waals surface area contributed by atoms with Crippen LogP contribution in [0.15, 0.2) is 69.7 Å². The summed E-state index contributed by atoms with van der Waals surface area (Å²) < 4.78 is 33.0. The van der Waals surface area contributed by atoms with Gasteiger partial charge in [-0.25, -0.2) is 0 Å². The van der Waals surface area contributed by atoms with Crippen molar-refractivity contribution in [1.82, 2.24) is 0 Å². The molecule has 0 fully saturated rings. The van der Waals surface area contributed by atoms with E-state index in [-0.39, 0.29) is 19.9 Å². The molecule has 5 heteroatoms. The second kappa shape index (κ2) is 9.23. The molecule has 3 nitrogen and oxygen atoms in total. The van der Waals surface area contributed by atoms with E-state index in [1.807, 2.05) is 32.0 Å². The predicted molar refractivity (Wildman–Crippen MR) is 104 cm³/mol. The Labute approximate surface area is 157 Å². The van der Waals surface area contributed by atoms with Crippen LogP contribution in [-0.2, 0) is 14.3 Å². The van der Waals surface area contributed by atoms with Crippen molar-refractivity contribution < 1.29 is 12.6 Å². The van der Waals surface area contributed by atoms with Gasteiger partial charge in [-0.05, 0) is 0 Å². The molecule has 0 amide bonds. The van der Waals surface area contributed by atoms with Crippen molar-refractivity contribution in [2.45, 2.75) is 44.9 Å². The monoisotopic (exact) mass is 424 g/mol. The summed E-state index contributed by atoms with van der Waals surface area (Å²) in [5.41, 5.74) is 1.02. The first-order valence-electron chi connectivity index (χ1n) is 8.36. The first kappa shape index (κ1) is 19.8. The molecule has 0 radical (unpaired) electrons. The summed E-state index contributed by atoms with van der Waals surface area (Å²) in [5, 5.41) is 0. The van der Waals surface area contributed by atoms with E-state index in [0.29, 0.717) is 12.2 Å². The number of benzene rings is 2. The van der Waals surface area contributed by atoms with Crippen LogP contribution in [0.2, 0.25) is 0 Å². The van der Waals surface area contributed by atoms with Crippen molar-refractivity contribution in [2.75, 3.05) is 0 Å².